The fourth-order valence-corrected chi connectivity index (χ4v) is 8.22. The average molecular weight is 540 g/mol. The van der Waals surface area contributed by atoms with E-state index in [-0.39, 0.29) is 8.92 Å². The molecule has 0 amide bonds. The summed E-state index contributed by atoms with van der Waals surface area (Å²) in [5, 5.41) is 1.05. The lowest BCUT2D eigenvalue weighted by atomic mass is 10.1. The zero-order valence-corrected chi connectivity index (χ0v) is 22.6. The predicted molar refractivity (Wildman–Crippen MR) is 139 cm³/mol. The lowest BCUT2D eigenvalue weighted by Gasteiger charge is -2.35. The third kappa shape index (κ3) is 4.36. The number of piperazine rings is 1. The first-order valence-electron chi connectivity index (χ1n) is 11.0. The number of nitrogens with zero attached hydrogens (tertiary/aromatic N) is 4. The van der Waals surface area contributed by atoms with Crippen molar-refractivity contribution < 1.29 is 8.42 Å². The number of aryl methyl sites for hydroxylation is 2. The normalized spacial score (nSPS) is 18.7. The molecule has 2 aliphatic rings. The van der Waals surface area contributed by atoms with Gasteiger partial charge in [0.05, 0.1) is 17.3 Å². The van der Waals surface area contributed by atoms with Gasteiger partial charge in [-0.25, -0.2) is 13.4 Å². The summed E-state index contributed by atoms with van der Waals surface area (Å²) in [5.41, 5.74) is 5.81. The van der Waals surface area contributed by atoms with Gasteiger partial charge in [0, 0.05) is 60.0 Å². The molecule has 2 aromatic carbocycles. The Morgan fingerprint density at radius 3 is 2.28 bits per heavy atom. The summed E-state index contributed by atoms with van der Waals surface area (Å²) in [6, 6.07) is 8.96. The molecule has 174 valence electrons. The molecule has 1 fully saturated rings. The van der Waals surface area contributed by atoms with Crippen LogP contribution in [-0.2, 0) is 10.0 Å². The highest BCUT2D eigenvalue weighted by atomic mass is 79.9. The van der Waals surface area contributed by atoms with Crippen LogP contribution in [0, 0.1) is 18.4 Å². The topological polar surface area (TPSA) is 56.2 Å². The molecule has 0 N–H and O–H groups in total. The van der Waals surface area contributed by atoms with Crippen LogP contribution in [0.15, 0.2) is 34.2 Å². The van der Waals surface area contributed by atoms with Crippen molar-refractivity contribution in [3.05, 3.63) is 45.3 Å². The van der Waals surface area contributed by atoms with Gasteiger partial charge in [-0.05, 0) is 77.9 Å². The molecule has 0 spiro atoms. The highest BCUT2D eigenvalue weighted by Crippen LogP contribution is 2.47. The third-order valence-corrected chi connectivity index (χ3v) is 11.1. The van der Waals surface area contributed by atoms with Crippen molar-refractivity contribution in [2.24, 2.45) is 4.99 Å². The Morgan fingerprint density at radius 1 is 1.03 bits per heavy atom. The highest BCUT2D eigenvalue weighted by molar-refractivity contribution is 9.52. The Balaban J connectivity index is 1.78. The van der Waals surface area contributed by atoms with Crippen LogP contribution in [0.4, 0.5) is 17.1 Å². The minimum Gasteiger partial charge on any atom is -0.372 e. The zero-order chi connectivity index (χ0) is 23.2. The van der Waals surface area contributed by atoms with Crippen molar-refractivity contribution in [2.75, 3.05) is 55.3 Å². The molecule has 1 saturated heterocycles. The van der Waals surface area contributed by atoms with Crippen molar-refractivity contribution in [3.8, 4) is 0 Å². The van der Waals surface area contributed by atoms with Crippen LogP contribution in [0.2, 0.25) is 0 Å². The molecule has 1 atom stereocenters. The lowest BCUT2D eigenvalue weighted by molar-refractivity contribution is 0.388. The molecule has 6 nitrogen and oxygen atoms in total. The number of hydrogen-bond acceptors (Lipinski definition) is 5. The van der Waals surface area contributed by atoms with Crippen LogP contribution < -0.4 is 15.2 Å². The van der Waals surface area contributed by atoms with Gasteiger partial charge in [0.1, 0.15) is 0 Å². The van der Waals surface area contributed by atoms with Gasteiger partial charge in [-0.3, -0.25) is 0 Å². The Morgan fingerprint density at radius 2 is 1.69 bits per heavy atom. The summed E-state index contributed by atoms with van der Waals surface area (Å²) in [5.74, 6) is 0. The number of fused-ring (bicyclic) bond motifs is 2. The molecule has 0 saturated carbocycles. The second kappa shape index (κ2) is 9.08. The minimum atomic E-state index is -3.13. The van der Waals surface area contributed by atoms with Gasteiger partial charge >= 0.3 is 0 Å². The van der Waals surface area contributed by atoms with E-state index in [1.807, 2.05) is 0 Å². The Bertz CT molecular complexity index is 1280. The number of halogens is 1. The van der Waals surface area contributed by atoms with Gasteiger partial charge in [0.15, 0.2) is 0 Å². The molecule has 32 heavy (non-hydrogen) atoms. The van der Waals surface area contributed by atoms with Crippen LogP contribution in [0.3, 0.4) is 0 Å². The molecule has 0 bridgehead atoms. The first kappa shape index (κ1) is 23.7. The van der Waals surface area contributed by atoms with Gasteiger partial charge in [-0.15, -0.1) is 0 Å². The van der Waals surface area contributed by atoms with Gasteiger partial charge in [0.2, 0.25) is 10.0 Å². The lowest BCUT2D eigenvalue weighted by Crippen LogP contribution is -2.48. The fraction of sp³-hybridized carbons (Fsp3) is 0.478. The minimum absolute atomic E-state index is 0.268. The molecule has 2 aromatic rings. The summed E-state index contributed by atoms with van der Waals surface area (Å²) in [4.78, 5) is 11.0. The SMILES string of the molecule is CCN(CC)c1cc(C)c2c(c1)S(Br)=c1cc(N3CCN(S(C)(=O)=O)CC3)cc(C)c1=N2. The third-order valence-electron chi connectivity index (χ3n) is 6.31. The van der Waals surface area contributed by atoms with E-state index in [2.05, 4.69) is 76.6 Å². The van der Waals surface area contributed by atoms with Crippen molar-refractivity contribution in [1.29, 1.82) is 0 Å². The number of rotatable bonds is 5. The largest absolute Gasteiger partial charge is 0.372 e. The second-order valence-electron chi connectivity index (χ2n) is 8.41. The van der Waals surface area contributed by atoms with Crippen LogP contribution in [-0.4, -0.2) is 58.2 Å². The Hall–Kier alpha value is -1.42. The van der Waals surface area contributed by atoms with Crippen LogP contribution in [0.5, 0.6) is 0 Å². The molecular formula is C23H31BrN4O2S2. The van der Waals surface area contributed by atoms with E-state index in [4.69, 9.17) is 4.99 Å². The Kier molecular flexibility index (Phi) is 6.73. The maximum Gasteiger partial charge on any atom is 0.211 e. The van der Waals surface area contributed by atoms with Crippen LogP contribution in [0.25, 0.3) is 0 Å². The van der Waals surface area contributed by atoms with Gasteiger partial charge in [-0.2, -0.15) is 4.31 Å². The van der Waals surface area contributed by atoms with Gasteiger partial charge < -0.3 is 9.80 Å². The maximum atomic E-state index is 11.9. The number of sulfonamides is 1. The first-order chi connectivity index (χ1) is 15.1. The smallest absolute Gasteiger partial charge is 0.211 e. The summed E-state index contributed by atoms with van der Waals surface area (Å²) in [6.07, 6.45) is 1.29. The van der Waals surface area contributed by atoms with E-state index in [1.54, 1.807) is 4.31 Å². The van der Waals surface area contributed by atoms with E-state index >= 15 is 0 Å². The molecule has 0 radical (unpaired) electrons. The standard InChI is InChI=1S/C23H31BrN4O2S2/c1-6-26(7-2)18-12-16(3)22-20(14-18)31(24)21-15-19(13-17(4)23(21)25-22)27-8-10-28(11-9-27)32(5,29)30/h12-15H,6-11H2,1-5H3. The highest BCUT2D eigenvalue weighted by Gasteiger charge is 2.24. The molecule has 9 heteroatoms. The zero-order valence-electron chi connectivity index (χ0n) is 19.4. The van der Waals surface area contributed by atoms with Crippen LogP contribution in [0.1, 0.15) is 25.0 Å². The number of anilines is 2. The summed E-state index contributed by atoms with van der Waals surface area (Å²) in [6.45, 7) is 13.0. The molecule has 2 heterocycles. The van der Waals surface area contributed by atoms with Crippen molar-refractivity contribution in [2.45, 2.75) is 32.6 Å². The molecule has 0 aliphatic carbocycles. The van der Waals surface area contributed by atoms with E-state index in [0.717, 1.165) is 35.4 Å². The van der Waals surface area contributed by atoms with E-state index < -0.39 is 10.0 Å². The monoisotopic (exact) mass is 538 g/mol. The number of benzene rings is 2. The van der Waals surface area contributed by atoms with Gasteiger partial charge in [0.25, 0.3) is 0 Å². The molecule has 1 unspecified atom stereocenters. The Labute approximate surface area is 201 Å². The molecule has 4 rings (SSSR count). The van der Waals surface area contributed by atoms with E-state index in [0.29, 0.717) is 26.2 Å². The summed E-state index contributed by atoms with van der Waals surface area (Å²) in [7, 11) is -3.40. The van der Waals surface area contributed by atoms with Gasteiger partial charge in [-0.1, -0.05) is 8.92 Å². The van der Waals surface area contributed by atoms with Crippen molar-refractivity contribution in [1.82, 2.24) is 4.31 Å². The quantitative estimate of drug-likeness (QED) is 0.530. The average Bonchev–Trinajstić information content (AvgIpc) is 2.75. The molecule has 0 aromatic heterocycles. The molecular weight excluding hydrogens is 508 g/mol. The summed E-state index contributed by atoms with van der Waals surface area (Å²) >= 11 is 4.02. The molecule has 2 aliphatic heterocycles. The van der Waals surface area contributed by atoms with Crippen molar-refractivity contribution in [3.63, 3.8) is 0 Å². The second-order valence-corrected chi connectivity index (χ2v) is 13.7. The van der Waals surface area contributed by atoms with E-state index in [9.17, 15) is 8.42 Å². The van der Waals surface area contributed by atoms with Crippen LogP contribution >= 0.6 is 23.7 Å². The number of hydrogen-bond donors (Lipinski definition) is 0. The predicted octanol–water partition coefficient (Wildman–Crippen LogP) is 4.38. The fourth-order valence-electron chi connectivity index (χ4n) is 4.48. The van der Waals surface area contributed by atoms with E-state index in [1.165, 1.54) is 26.9 Å². The van der Waals surface area contributed by atoms with Crippen molar-refractivity contribution >= 4 is 50.8 Å². The summed E-state index contributed by atoms with van der Waals surface area (Å²) < 4.78 is 26.5. The first-order valence-corrected chi connectivity index (χ1v) is 15.9. The maximum absolute atomic E-state index is 11.9.